The Morgan fingerprint density at radius 1 is 1.04 bits per heavy atom. The van der Waals surface area contributed by atoms with Gasteiger partial charge in [0.25, 0.3) is 0 Å². The van der Waals surface area contributed by atoms with E-state index >= 15 is 0 Å². The van der Waals surface area contributed by atoms with Crippen molar-refractivity contribution in [2.45, 2.75) is 38.1 Å². The zero-order valence-electron chi connectivity index (χ0n) is 16.1. The van der Waals surface area contributed by atoms with Crippen LogP contribution in [0.2, 0.25) is 0 Å². The van der Waals surface area contributed by atoms with E-state index in [-0.39, 0.29) is 11.9 Å². The van der Waals surface area contributed by atoms with Crippen LogP contribution in [0.5, 0.6) is 0 Å². The first-order chi connectivity index (χ1) is 13.8. The summed E-state index contributed by atoms with van der Waals surface area (Å²) < 4.78 is 0. The molecule has 1 N–H and O–H groups in total. The summed E-state index contributed by atoms with van der Waals surface area (Å²) in [4.78, 5) is 31.5. The molecular formula is C21H26N6O. The maximum Gasteiger partial charge on any atom is 0.245 e. The Kier molecular flexibility index (Phi) is 4.68. The molecule has 2 fully saturated rings. The molecule has 1 aliphatic carbocycles. The molecule has 2 aromatic rings. The van der Waals surface area contributed by atoms with Gasteiger partial charge in [-0.1, -0.05) is 0 Å². The van der Waals surface area contributed by atoms with E-state index in [9.17, 15) is 4.79 Å². The van der Waals surface area contributed by atoms with Crippen LogP contribution in [0.4, 0.5) is 5.82 Å². The topological polar surface area (TPSA) is 74.2 Å². The van der Waals surface area contributed by atoms with Crippen LogP contribution < -0.4 is 10.2 Å². The van der Waals surface area contributed by atoms with Gasteiger partial charge in [-0.3, -0.25) is 9.78 Å². The number of hydrogen-bond donors (Lipinski definition) is 1. The number of pyridine rings is 1. The fourth-order valence-electron chi connectivity index (χ4n) is 4.65. The standard InChI is InChI=1S/C21H26N6O/c28-21(26-13-10-23-11-14-26)18-5-2-12-27(18)20-16-3-1-4-17(16)24-19(25-20)15-6-8-22-9-7-15/h6-9,18,23H,1-5,10-14H2/t18-/m1/s1. The van der Waals surface area contributed by atoms with Crippen molar-refractivity contribution in [2.75, 3.05) is 37.6 Å². The Hall–Kier alpha value is -2.54. The van der Waals surface area contributed by atoms with E-state index in [0.29, 0.717) is 0 Å². The van der Waals surface area contributed by atoms with E-state index in [1.54, 1.807) is 12.4 Å². The van der Waals surface area contributed by atoms with Crippen molar-refractivity contribution in [2.24, 2.45) is 0 Å². The highest BCUT2D eigenvalue weighted by molar-refractivity contribution is 5.86. The predicted molar refractivity (Wildman–Crippen MR) is 107 cm³/mol. The molecule has 0 bridgehead atoms. The normalized spacial score (nSPS) is 21.8. The predicted octanol–water partition coefficient (Wildman–Crippen LogP) is 1.43. The molecule has 28 heavy (non-hydrogen) atoms. The van der Waals surface area contributed by atoms with Gasteiger partial charge in [-0.2, -0.15) is 0 Å². The number of hydrogen-bond acceptors (Lipinski definition) is 6. The van der Waals surface area contributed by atoms with Gasteiger partial charge in [0.05, 0.1) is 0 Å². The van der Waals surface area contributed by atoms with Crippen molar-refractivity contribution in [3.63, 3.8) is 0 Å². The van der Waals surface area contributed by atoms with Crippen molar-refractivity contribution in [3.8, 4) is 11.4 Å². The molecule has 4 heterocycles. The zero-order chi connectivity index (χ0) is 18.9. The monoisotopic (exact) mass is 378 g/mol. The van der Waals surface area contributed by atoms with Crippen molar-refractivity contribution >= 4 is 11.7 Å². The third kappa shape index (κ3) is 3.13. The fraction of sp³-hybridized carbons (Fsp3) is 0.524. The molecular weight excluding hydrogens is 352 g/mol. The average Bonchev–Trinajstić information content (AvgIpc) is 3.43. The number of anilines is 1. The first-order valence-corrected chi connectivity index (χ1v) is 10.4. The highest BCUT2D eigenvalue weighted by atomic mass is 16.2. The number of amides is 1. The number of aryl methyl sites for hydroxylation is 1. The summed E-state index contributed by atoms with van der Waals surface area (Å²) in [5.41, 5.74) is 3.38. The van der Waals surface area contributed by atoms with E-state index in [4.69, 9.17) is 9.97 Å². The number of piperazine rings is 1. The number of carbonyl (C=O) groups excluding carboxylic acids is 1. The molecule has 2 saturated heterocycles. The van der Waals surface area contributed by atoms with Crippen LogP contribution in [0, 0.1) is 0 Å². The maximum atomic E-state index is 13.2. The number of nitrogens with one attached hydrogen (secondary N) is 1. The number of aromatic nitrogens is 3. The Balaban J connectivity index is 1.51. The lowest BCUT2D eigenvalue weighted by Gasteiger charge is -2.34. The molecule has 0 radical (unpaired) electrons. The quantitative estimate of drug-likeness (QED) is 0.871. The van der Waals surface area contributed by atoms with Gasteiger partial charge in [0, 0.05) is 61.9 Å². The molecule has 1 atom stereocenters. The van der Waals surface area contributed by atoms with Gasteiger partial charge in [-0.25, -0.2) is 9.97 Å². The summed E-state index contributed by atoms with van der Waals surface area (Å²) in [5, 5.41) is 3.33. The summed E-state index contributed by atoms with van der Waals surface area (Å²) >= 11 is 0. The molecule has 0 saturated carbocycles. The summed E-state index contributed by atoms with van der Waals surface area (Å²) in [7, 11) is 0. The molecule has 2 aliphatic heterocycles. The molecule has 2 aromatic heterocycles. The van der Waals surface area contributed by atoms with Crippen molar-refractivity contribution in [1.82, 2.24) is 25.2 Å². The third-order valence-electron chi connectivity index (χ3n) is 6.09. The van der Waals surface area contributed by atoms with Crippen LogP contribution >= 0.6 is 0 Å². The second-order valence-corrected chi connectivity index (χ2v) is 7.81. The minimum absolute atomic E-state index is 0.0945. The zero-order valence-corrected chi connectivity index (χ0v) is 16.1. The summed E-state index contributed by atoms with van der Waals surface area (Å²) in [6.07, 6.45) is 8.61. The third-order valence-corrected chi connectivity index (χ3v) is 6.09. The van der Waals surface area contributed by atoms with Crippen LogP contribution in [0.3, 0.4) is 0 Å². The summed E-state index contributed by atoms with van der Waals surface area (Å²) in [6, 6.07) is 3.81. The minimum Gasteiger partial charge on any atom is -0.344 e. The largest absolute Gasteiger partial charge is 0.344 e. The number of carbonyl (C=O) groups is 1. The Morgan fingerprint density at radius 3 is 2.68 bits per heavy atom. The minimum atomic E-state index is -0.0945. The van der Waals surface area contributed by atoms with Gasteiger partial charge in [0.2, 0.25) is 5.91 Å². The van der Waals surface area contributed by atoms with Gasteiger partial charge in [0.1, 0.15) is 11.9 Å². The SMILES string of the molecule is O=C([C@H]1CCCN1c1nc(-c2ccncc2)nc2c1CCC2)N1CCNCC1. The summed E-state index contributed by atoms with van der Waals surface area (Å²) in [6.45, 7) is 4.25. The van der Waals surface area contributed by atoms with Gasteiger partial charge in [0.15, 0.2) is 5.82 Å². The smallest absolute Gasteiger partial charge is 0.245 e. The lowest BCUT2D eigenvalue weighted by atomic mass is 10.1. The van der Waals surface area contributed by atoms with Gasteiger partial charge < -0.3 is 15.1 Å². The molecule has 0 aromatic carbocycles. The van der Waals surface area contributed by atoms with Crippen LogP contribution in [0.25, 0.3) is 11.4 Å². The van der Waals surface area contributed by atoms with E-state index in [1.165, 1.54) is 5.56 Å². The molecule has 1 amide bonds. The van der Waals surface area contributed by atoms with E-state index in [1.807, 2.05) is 17.0 Å². The van der Waals surface area contributed by atoms with Crippen LogP contribution in [0.15, 0.2) is 24.5 Å². The Labute approximate surface area is 165 Å². The fourth-order valence-corrected chi connectivity index (χ4v) is 4.65. The van der Waals surface area contributed by atoms with E-state index in [0.717, 1.165) is 87.7 Å². The highest BCUT2D eigenvalue weighted by Gasteiger charge is 2.37. The van der Waals surface area contributed by atoms with Crippen molar-refractivity contribution in [1.29, 1.82) is 0 Å². The molecule has 7 heteroatoms. The molecule has 7 nitrogen and oxygen atoms in total. The maximum absolute atomic E-state index is 13.2. The van der Waals surface area contributed by atoms with Crippen LogP contribution in [-0.4, -0.2) is 64.5 Å². The van der Waals surface area contributed by atoms with Gasteiger partial charge in [-0.15, -0.1) is 0 Å². The molecule has 5 rings (SSSR count). The van der Waals surface area contributed by atoms with Crippen LogP contribution in [-0.2, 0) is 17.6 Å². The Morgan fingerprint density at radius 2 is 1.86 bits per heavy atom. The Bertz CT molecular complexity index is 865. The molecule has 0 spiro atoms. The second-order valence-electron chi connectivity index (χ2n) is 7.81. The first kappa shape index (κ1) is 17.6. The first-order valence-electron chi connectivity index (χ1n) is 10.4. The highest BCUT2D eigenvalue weighted by Crippen LogP contribution is 2.35. The van der Waals surface area contributed by atoms with Crippen LogP contribution in [0.1, 0.15) is 30.5 Å². The van der Waals surface area contributed by atoms with Gasteiger partial charge in [-0.05, 0) is 44.2 Å². The average molecular weight is 378 g/mol. The van der Waals surface area contributed by atoms with E-state index < -0.39 is 0 Å². The lowest BCUT2D eigenvalue weighted by Crippen LogP contribution is -2.52. The molecule has 3 aliphatic rings. The number of fused-ring (bicyclic) bond motifs is 1. The van der Waals surface area contributed by atoms with Gasteiger partial charge >= 0.3 is 0 Å². The molecule has 0 unspecified atom stereocenters. The summed E-state index contributed by atoms with van der Waals surface area (Å²) in [5.74, 6) is 1.99. The van der Waals surface area contributed by atoms with Crippen molar-refractivity contribution in [3.05, 3.63) is 35.8 Å². The molecule has 146 valence electrons. The number of nitrogens with zero attached hydrogens (tertiary/aromatic N) is 5. The lowest BCUT2D eigenvalue weighted by molar-refractivity contribution is -0.133. The van der Waals surface area contributed by atoms with E-state index in [2.05, 4.69) is 15.2 Å². The number of rotatable bonds is 3. The van der Waals surface area contributed by atoms with Crippen molar-refractivity contribution < 1.29 is 4.79 Å². The second kappa shape index (κ2) is 7.47.